The Labute approximate surface area is 123 Å². The van der Waals surface area contributed by atoms with Gasteiger partial charge in [-0.2, -0.15) is 0 Å². The molecule has 2 fully saturated rings. The number of nitrogens with two attached hydrogens (primary N) is 1. The number of nitrogens with zero attached hydrogens (tertiary/aromatic N) is 1. The molecule has 4 heteroatoms. The van der Waals surface area contributed by atoms with Crippen molar-refractivity contribution >= 4 is 5.91 Å². The van der Waals surface area contributed by atoms with Crippen LogP contribution in [0.25, 0.3) is 0 Å². The topological polar surface area (TPSA) is 58.4 Å². The van der Waals surface area contributed by atoms with Crippen LogP contribution in [0.3, 0.4) is 0 Å². The first-order chi connectivity index (χ1) is 9.60. The van der Waals surface area contributed by atoms with Crippen molar-refractivity contribution in [3.05, 3.63) is 0 Å². The largest absolute Gasteiger partial charge is 0.341 e. The van der Waals surface area contributed by atoms with Gasteiger partial charge < -0.3 is 16.0 Å². The van der Waals surface area contributed by atoms with Crippen LogP contribution in [0.4, 0.5) is 0 Å². The van der Waals surface area contributed by atoms with E-state index in [-0.39, 0.29) is 11.9 Å². The molecule has 4 nitrogen and oxygen atoms in total. The van der Waals surface area contributed by atoms with Gasteiger partial charge in [0.25, 0.3) is 0 Å². The lowest BCUT2D eigenvalue weighted by Gasteiger charge is -2.35. The molecule has 2 aliphatic rings. The summed E-state index contributed by atoms with van der Waals surface area (Å²) in [6, 6.07) is -0.0547. The van der Waals surface area contributed by atoms with Gasteiger partial charge in [0.1, 0.15) is 0 Å². The Hall–Kier alpha value is -0.610. The zero-order valence-corrected chi connectivity index (χ0v) is 13.1. The number of hydrogen-bond donors (Lipinski definition) is 2. The molecule has 0 aromatic heterocycles. The van der Waals surface area contributed by atoms with E-state index in [1.54, 1.807) is 0 Å². The van der Waals surface area contributed by atoms with Crippen LogP contribution in [0.15, 0.2) is 0 Å². The summed E-state index contributed by atoms with van der Waals surface area (Å²) in [5, 5.41) is 3.35. The first-order valence-electron chi connectivity index (χ1n) is 8.32. The van der Waals surface area contributed by atoms with Gasteiger partial charge in [0.15, 0.2) is 0 Å². The van der Waals surface area contributed by atoms with Crippen molar-refractivity contribution in [2.75, 3.05) is 26.2 Å². The molecule has 3 N–H and O–H groups in total. The van der Waals surface area contributed by atoms with Crippen molar-refractivity contribution in [1.82, 2.24) is 10.2 Å². The maximum absolute atomic E-state index is 12.6. The summed E-state index contributed by atoms with van der Waals surface area (Å²) in [7, 11) is 0. The fraction of sp³-hybridized carbons (Fsp3) is 0.938. The molecule has 0 bridgehead atoms. The third-order valence-corrected chi connectivity index (χ3v) is 4.82. The fourth-order valence-electron chi connectivity index (χ4n) is 4.11. The van der Waals surface area contributed by atoms with Gasteiger partial charge in [-0.25, -0.2) is 0 Å². The van der Waals surface area contributed by atoms with E-state index in [2.05, 4.69) is 24.1 Å². The summed E-state index contributed by atoms with van der Waals surface area (Å²) >= 11 is 0. The molecule has 20 heavy (non-hydrogen) atoms. The molecule has 1 saturated carbocycles. The van der Waals surface area contributed by atoms with E-state index < -0.39 is 0 Å². The van der Waals surface area contributed by atoms with Crippen LogP contribution in [0.2, 0.25) is 0 Å². The number of nitrogens with one attached hydrogen (secondary N) is 1. The second-order valence-corrected chi connectivity index (χ2v) is 7.01. The third-order valence-electron chi connectivity index (χ3n) is 4.82. The minimum atomic E-state index is -0.0547. The van der Waals surface area contributed by atoms with Crippen LogP contribution < -0.4 is 11.1 Å². The highest BCUT2D eigenvalue weighted by Gasteiger charge is 2.30. The van der Waals surface area contributed by atoms with Crippen LogP contribution in [-0.4, -0.2) is 43.0 Å². The summed E-state index contributed by atoms with van der Waals surface area (Å²) < 4.78 is 0. The SMILES string of the molecule is CC1CC(CN2CCCN[C@@H](CCN)C2=O)C[C@@H](C)C1. The Morgan fingerprint density at radius 3 is 2.60 bits per heavy atom. The second-order valence-electron chi connectivity index (χ2n) is 7.01. The summed E-state index contributed by atoms with van der Waals surface area (Å²) in [5.74, 6) is 2.58. The molecular formula is C16H31N3O. The molecule has 116 valence electrons. The molecule has 2 unspecified atom stereocenters. The normalized spacial score (nSPS) is 36.0. The average Bonchev–Trinajstić information content (AvgIpc) is 2.54. The Morgan fingerprint density at radius 2 is 1.95 bits per heavy atom. The summed E-state index contributed by atoms with van der Waals surface area (Å²) in [6.07, 6.45) is 5.73. The van der Waals surface area contributed by atoms with E-state index in [9.17, 15) is 4.79 Å². The first-order valence-corrected chi connectivity index (χ1v) is 8.32. The Morgan fingerprint density at radius 1 is 1.25 bits per heavy atom. The van der Waals surface area contributed by atoms with Crippen LogP contribution >= 0.6 is 0 Å². The molecule has 0 radical (unpaired) electrons. The molecule has 1 aliphatic carbocycles. The Balaban J connectivity index is 1.94. The minimum Gasteiger partial charge on any atom is -0.341 e. The van der Waals surface area contributed by atoms with Gasteiger partial charge in [-0.15, -0.1) is 0 Å². The van der Waals surface area contributed by atoms with E-state index in [1.165, 1.54) is 19.3 Å². The summed E-state index contributed by atoms with van der Waals surface area (Å²) in [5.41, 5.74) is 5.63. The van der Waals surface area contributed by atoms with Crippen molar-refractivity contribution in [2.45, 2.75) is 52.0 Å². The predicted molar refractivity (Wildman–Crippen MR) is 82.3 cm³/mol. The smallest absolute Gasteiger partial charge is 0.239 e. The molecule has 1 heterocycles. The highest BCUT2D eigenvalue weighted by Crippen LogP contribution is 2.33. The number of rotatable bonds is 4. The number of amides is 1. The van der Waals surface area contributed by atoms with Crippen LogP contribution in [0, 0.1) is 17.8 Å². The predicted octanol–water partition coefficient (Wildman–Crippen LogP) is 1.60. The lowest BCUT2D eigenvalue weighted by atomic mass is 9.76. The fourth-order valence-corrected chi connectivity index (χ4v) is 4.11. The molecule has 0 spiro atoms. The van der Waals surface area contributed by atoms with E-state index in [4.69, 9.17) is 5.73 Å². The Bertz CT molecular complexity index is 311. The maximum Gasteiger partial charge on any atom is 0.239 e. The molecule has 2 rings (SSSR count). The lowest BCUT2D eigenvalue weighted by molar-refractivity contribution is -0.133. The van der Waals surface area contributed by atoms with E-state index in [0.29, 0.717) is 12.5 Å². The summed E-state index contributed by atoms with van der Waals surface area (Å²) in [6.45, 7) is 8.08. The van der Waals surface area contributed by atoms with Crippen LogP contribution in [0.1, 0.15) is 46.0 Å². The van der Waals surface area contributed by atoms with Crippen molar-refractivity contribution in [1.29, 1.82) is 0 Å². The van der Waals surface area contributed by atoms with Gasteiger partial charge in [-0.1, -0.05) is 13.8 Å². The van der Waals surface area contributed by atoms with Gasteiger partial charge in [0.05, 0.1) is 6.04 Å². The van der Waals surface area contributed by atoms with Crippen molar-refractivity contribution in [3.8, 4) is 0 Å². The number of hydrogen-bond acceptors (Lipinski definition) is 3. The van der Waals surface area contributed by atoms with Crippen molar-refractivity contribution < 1.29 is 4.79 Å². The lowest BCUT2D eigenvalue weighted by Crippen LogP contribution is -2.46. The maximum atomic E-state index is 12.6. The average molecular weight is 281 g/mol. The van der Waals surface area contributed by atoms with Crippen molar-refractivity contribution in [2.24, 2.45) is 23.5 Å². The van der Waals surface area contributed by atoms with Gasteiger partial charge >= 0.3 is 0 Å². The molecule has 1 saturated heterocycles. The zero-order valence-electron chi connectivity index (χ0n) is 13.1. The standard InChI is InChI=1S/C16H31N3O/c1-12-8-13(2)10-14(9-12)11-19-7-3-6-18-15(4-5-17)16(19)20/h12-15,18H,3-11,17H2,1-2H3/t12-,13?,14?,15-/m0/s1. The number of carbonyl (C=O) groups excluding carboxylic acids is 1. The third kappa shape index (κ3) is 4.19. The van der Waals surface area contributed by atoms with Crippen molar-refractivity contribution in [3.63, 3.8) is 0 Å². The van der Waals surface area contributed by atoms with Gasteiger partial charge in [0.2, 0.25) is 5.91 Å². The molecule has 0 aromatic carbocycles. The van der Waals surface area contributed by atoms with Gasteiger partial charge in [-0.3, -0.25) is 4.79 Å². The molecule has 4 atom stereocenters. The van der Waals surface area contributed by atoms with Crippen LogP contribution in [0.5, 0.6) is 0 Å². The van der Waals surface area contributed by atoms with E-state index in [0.717, 1.165) is 44.3 Å². The molecule has 0 aromatic rings. The minimum absolute atomic E-state index is 0.0547. The van der Waals surface area contributed by atoms with Crippen LogP contribution in [-0.2, 0) is 4.79 Å². The number of carbonyl (C=O) groups is 1. The zero-order chi connectivity index (χ0) is 14.5. The highest BCUT2D eigenvalue weighted by molar-refractivity contribution is 5.82. The van der Waals surface area contributed by atoms with Gasteiger partial charge in [0, 0.05) is 13.1 Å². The quantitative estimate of drug-likeness (QED) is 0.823. The first kappa shape index (κ1) is 15.8. The molecule has 1 aliphatic heterocycles. The molecule has 1 amide bonds. The summed E-state index contributed by atoms with van der Waals surface area (Å²) in [4.78, 5) is 14.7. The second kappa shape index (κ2) is 7.41. The monoisotopic (exact) mass is 281 g/mol. The van der Waals surface area contributed by atoms with Gasteiger partial charge in [-0.05, 0) is 62.9 Å². The molecular weight excluding hydrogens is 250 g/mol. The Kier molecular flexibility index (Phi) is 5.85. The van der Waals surface area contributed by atoms with E-state index in [1.807, 2.05) is 0 Å². The van der Waals surface area contributed by atoms with E-state index >= 15 is 0 Å². The highest BCUT2D eigenvalue weighted by atomic mass is 16.2.